The van der Waals surface area contributed by atoms with Crippen molar-refractivity contribution in [2.75, 3.05) is 39.3 Å². The lowest BCUT2D eigenvalue weighted by atomic mass is 10.1. The Morgan fingerprint density at radius 2 is 1.04 bits per heavy atom. The molecule has 28 heavy (non-hydrogen) atoms. The SMILES string of the molecule is N#CCCNCCCCNC(=O)C(O)C(O)C(=O)NCCCCNCCC#N. The highest BCUT2D eigenvalue weighted by atomic mass is 16.3. The lowest BCUT2D eigenvalue weighted by Gasteiger charge is -2.17. The largest absolute Gasteiger partial charge is 0.380 e. The highest BCUT2D eigenvalue weighted by Gasteiger charge is 2.29. The zero-order valence-electron chi connectivity index (χ0n) is 16.2. The number of carbonyl (C=O) groups excluding carboxylic acids is 2. The third-order valence-corrected chi connectivity index (χ3v) is 3.82. The molecular weight excluding hydrogens is 364 g/mol. The molecule has 158 valence electrons. The summed E-state index contributed by atoms with van der Waals surface area (Å²) in [6, 6.07) is 4.06. The molecule has 10 nitrogen and oxygen atoms in total. The first kappa shape index (κ1) is 25.8. The molecule has 10 heteroatoms. The van der Waals surface area contributed by atoms with Crippen molar-refractivity contribution in [2.24, 2.45) is 0 Å². The van der Waals surface area contributed by atoms with Crippen LogP contribution >= 0.6 is 0 Å². The van der Waals surface area contributed by atoms with Crippen molar-refractivity contribution in [3.8, 4) is 12.1 Å². The maximum atomic E-state index is 11.8. The van der Waals surface area contributed by atoms with E-state index in [9.17, 15) is 19.8 Å². The van der Waals surface area contributed by atoms with Crippen LogP contribution in [0.25, 0.3) is 0 Å². The van der Waals surface area contributed by atoms with Gasteiger partial charge in [-0.05, 0) is 38.8 Å². The maximum absolute atomic E-state index is 11.8. The molecule has 0 saturated heterocycles. The first-order valence-electron chi connectivity index (χ1n) is 9.61. The minimum Gasteiger partial charge on any atom is -0.380 e. The van der Waals surface area contributed by atoms with Crippen molar-refractivity contribution < 1.29 is 19.8 Å². The Morgan fingerprint density at radius 1 is 0.679 bits per heavy atom. The quantitative estimate of drug-likeness (QED) is 0.161. The van der Waals surface area contributed by atoms with E-state index in [2.05, 4.69) is 21.3 Å². The minimum absolute atomic E-state index is 0.322. The monoisotopic (exact) mass is 396 g/mol. The van der Waals surface area contributed by atoms with Crippen LogP contribution in [0, 0.1) is 22.7 Å². The Hall–Kier alpha value is -2.24. The number of unbranched alkanes of at least 4 members (excludes halogenated alkanes) is 2. The molecule has 0 heterocycles. The second-order valence-electron chi connectivity index (χ2n) is 6.20. The molecule has 2 atom stereocenters. The third-order valence-electron chi connectivity index (χ3n) is 3.82. The normalized spacial score (nSPS) is 12.4. The van der Waals surface area contributed by atoms with E-state index < -0.39 is 24.0 Å². The third kappa shape index (κ3) is 13.9. The number of nitrogens with zero attached hydrogens (tertiary/aromatic N) is 2. The van der Waals surface area contributed by atoms with Gasteiger partial charge in [0.1, 0.15) is 0 Å². The fraction of sp³-hybridized carbons (Fsp3) is 0.778. The topological polar surface area (TPSA) is 170 Å². The summed E-state index contributed by atoms with van der Waals surface area (Å²) in [5, 5.41) is 47.5. The van der Waals surface area contributed by atoms with Crippen LogP contribution in [0.2, 0.25) is 0 Å². The number of rotatable bonds is 17. The Labute approximate surface area is 166 Å². The molecule has 0 aromatic rings. The average molecular weight is 396 g/mol. The van der Waals surface area contributed by atoms with Gasteiger partial charge in [-0.1, -0.05) is 0 Å². The number of nitrogens with one attached hydrogen (secondary N) is 4. The summed E-state index contributed by atoms with van der Waals surface area (Å²) in [7, 11) is 0. The molecule has 0 aliphatic carbocycles. The molecule has 0 radical (unpaired) electrons. The summed E-state index contributed by atoms with van der Waals surface area (Å²) in [6.07, 6.45) is 0.171. The molecular formula is C18H32N6O4. The van der Waals surface area contributed by atoms with Gasteiger partial charge in [-0.15, -0.1) is 0 Å². The molecule has 6 N–H and O–H groups in total. The van der Waals surface area contributed by atoms with Crippen molar-refractivity contribution in [1.82, 2.24) is 21.3 Å². The summed E-state index contributed by atoms with van der Waals surface area (Å²) < 4.78 is 0. The number of aliphatic hydroxyl groups is 2. The highest BCUT2D eigenvalue weighted by molar-refractivity contribution is 5.90. The van der Waals surface area contributed by atoms with Crippen LogP contribution in [-0.4, -0.2) is 73.5 Å². The predicted octanol–water partition coefficient (Wildman–Crippen LogP) is -1.49. The Bertz CT molecular complexity index is 471. The first-order valence-corrected chi connectivity index (χ1v) is 9.61. The zero-order chi connectivity index (χ0) is 21.0. The van der Waals surface area contributed by atoms with Crippen LogP contribution < -0.4 is 21.3 Å². The molecule has 0 bridgehead atoms. The van der Waals surface area contributed by atoms with E-state index in [0.717, 1.165) is 25.9 Å². The van der Waals surface area contributed by atoms with Gasteiger partial charge in [-0.25, -0.2) is 0 Å². The van der Waals surface area contributed by atoms with Gasteiger partial charge in [0, 0.05) is 39.0 Å². The smallest absolute Gasteiger partial charge is 0.252 e. The number of hydrogen-bond donors (Lipinski definition) is 6. The van der Waals surface area contributed by atoms with Crippen molar-refractivity contribution in [3.63, 3.8) is 0 Å². The lowest BCUT2D eigenvalue weighted by molar-refractivity contribution is -0.146. The van der Waals surface area contributed by atoms with E-state index in [-0.39, 0.29) is 0 Å². The van der Waals surface area contributed by atoms with Crippen LogP contribution in [0.5, 0.6) is 0 Å². The average Bonchev–Trinajstić information content (AvgIpc) is 2.70. The molecule has 0 rings (SSSR count). The number of carbonyl (C=O) groups is 2. The second kappa shape index (κ2) is 18.1. The Morgan fingerprint density at radius 3 is 1.39 bits per heavy atom. The number of hydrogen-bond acceptors (Lipinski definition) is 8. The van der Waals surface area contributed by atoms with Gasteiger partial charge < -0.3 is 31.5 Å². The highest BCUT2D eigenvalue weighted by Crippen LogP contribution is 1.96. The molecule has 0 spiro atoms. The number of aliphatic hydroxyl groups excluding tert-OH is 2. The molecule has 0 saturated carbocycles. The zero-order valence-corrected chi connectivity index (χ0v) is 16.2. The summed E-state index contributed by atoms with van der Waals surface area (Å²) in [5.41, 5.74) is 0. The van der Waals surface area contributed by atoms with Gasteiger partial charge in [0.05, 0.1) is 12.1 Å². The fourth-order valence-electron chi connectivity index (χ4n) is 2.21. The van der Waals surface area contributed by atoms with Gasteiger partial charge in [-0.2, -0.15) is 10.5 Å². The van der Waals surface area contributed by atoms with Gasteiger partial charge in [-0.3, -0.25) is 9.59 Å². The number of nitriles is 2. The van der Waals surface area contributed by atoms with Crippen LogP contribution in [0.3, 0.4) is 0 Å². The van der Waals surface area contributed by atoms with Crippen LogP contribution in [0.4, 0.5) is 0 Å². The van der Waals surface area contributed by atoms with Gasteiger partial charge >= 0.3 is 0 Å². The summed E-state index contributed by atoms with van der Waals surface area (Å²) in [4.78, 5) is 23.6. The molecule has 0 aromatic carbocycles. The summed E-state index contributed by atoms with van der Waals surface area (Å²) in [5.74, 6) is -1.58. The predicted molar refractivity (Wildman–Crippen MR) is 103 cm³/mol. The van der Waals surface area contributed by atoms with E-state index in [0.29, 0.717) is 51.9 Å². The van der Waals surface area contributed by atoms with Crippen LogP contribution in [0.15, 0.2) is 0 Å². The fourth-order valence-corrected chi connectivity index (χ4v) is 2.21. The van der Waals surface area contributed by atoms with Crippen LogP contribution in [-0.2, 0) is 9.59 Å². The van der Waals surface area contributed by atoms with E-state index in [1.807, 2.05) is 12.1 Å². The van der Waals surface area contributed by atoms with Gasteiger partial charge in [0.15, 0.2) is 12.2 Å². The van der Waals surface area contributed by atoms with Gasteiger partial charge in [0.25, 0.3) is 11.8 Å². The first-order chi connectivity index (χ1) is 13.5. The van der Waals surface area contributed by atoms with Gasteiger partial charge in [0.2, 0.25) is 0 Å². The van der Waals surface area contributed by atoms with Crippen molar-refractivity contribution in [2.45, 2.75) is 50.7 Å². The maximum Gasteiger partial charge on any atom is 0.252 e. The minimum atomic E-state index is -1.82. The van der Waals surface area contributed by atoms with Crippen molar-refractivity contribution in [3.05, 3.63) is 0 Å². The molecule has 2 unspecified atom stereocenters. The lowest BCUT2D eigenvalue weighted by Crippen LogP contribution is -2.49. The molecule has 0 aliphatic rings. The molecule has 2 amide bonds. The Balaban J connectivity index is 3.76. The van der Waals surface area contributed by atoms with E-state index in [1.165, 1.54) is 0 Å². The van der Waals surface area contributed by atoms with Crippen LogP contribution in [0.1, 0.15) is 38.5 Å². The van der Waals surface area contributed by atoms with E-state index in [1.54, 1.807) is 0 Å². The standard InChI is InChI=1S/C18H32N6O4/c19-7-5-11-21-9-1-3-13-23-17(27)15(25)16(26)18(28)24-14-4-2-10-22-12-6-8-20/h15-16,21-22,25-26H,1-6,9-14H2,(H,23,27)(H,24,28). The van der Waals surface area contributed by atoms with E-state index >= 15 is 0 Å². The Kier molecular flexibility index (Phi) is 16.7. The second-order valence-corrected chi connectivity index (χ2v) is 6.20. The number of amides is 2. The summed E-state index contributed by atoms with van der Waals surface area (Å²) >= 11 is 0. The van der Waals surface area contributed by atoms with E-state index in [4.69, 9.17) is 10.5 Å². The molecule has 0 aromatic heterocycles. The van der Waals surface area contributed by atoms with Crippen molar-refractivity contribution in [1.29, 1.82) is 10.5 Å². The summed E-state index contributed by atoms with van der Waals surface area (Å²) in [6.45, 7) is 3.34. The molecule has 0 aliphatic heterocycles. The van der Waals surface area contributed by atoms with Crippen molar-refractivity contribution >= 4 is 11.8 Å². The molecule has 0 fully saturated rings.